The fourth-order valence-electron chi connectivity index (χ4n) is 1.93. The van der Waals surface area contributed by atoms with Crippen LogP contribution in [0.25, 0.3) is 0 Å². The summed E-state index contributed by atoms with van der Waals surface area (Å²) in [5.74, 6) is -0.701. The number of benzene rings is 1. The van der Waals surface area contributed by atoms with Gasteiger partial charge in [0.25, 0.3) is 0 Å². The number of nitro groups is 1. The van der Waals surface area contributed by atoms with Crippen LogP contribution in [0, 0.1) is 10.1 Å². The number of carbonyl (C=O) groups is 1. The lowest BCUT2D eigenvalue weighted by Gasteiger charge is -2.18. The first-order valence-electron chi connectivity index (χ1n) is 5.75. The molecule has 104 valence electrons. The highest BCUT2D eigenvalue weighted by Crippen LogP contribution is 2.32. The predicted molar refractivity (Wildman–Crippen MR) is 70.9 cm³/mol. The first kappa shape index (κ1) is 13.6. The summed E-state index contributed by atoms with van der Waals surface area (Å²) in [4.78, 5) is 23.1. The zero-order chi connectivity index (χ0) is 14.7. The molecule has 20 heavy (non-hydrogen) atoms. The lowest BCUT2D eigenvalue weighted by Crippen LogP contribution is -2.18. The van der Waals surface area contributed by atoms with E-state index in [-0.39, 0.29) is 11.3 Å². The van der Waals surface area contributed by atoms with Crippen LogP contribution >= 0.6 is 0 Å². The number of hydrogen-bond donors (Lipinski definition) is 1. The number of carboxylic acid groups (broad SMARTS) is 1. The summed E-state index contributed by atoms with van der Waals surface area (Å²) in [6.45, 7) is 0.302. The molecule has 0 amide bonds. The molecule has 0 saturated carbocycles. The third kappa shape index (κ3) is 2.61. The van der Waals surface area contributed by atoms with Crippen molar-refractivity contribution in [2.75, 3.05) is 11.9 Å². The van der Waals surface area contributed by atoms with E-state index >= 15 is 0 Å². The van der Waals surface area contributed by atoms with Crippen LogP contribution in [0.15, 0.2) is 41.0 Å². The van der Waals surface area contributed by atoms with Crippen molar-refractivity contribution in [3.63, 3.8) is 0 Å². The van der Waals surface area contributed by atoms with Crippen molar-refractivity contribution < 1.29 is 19.2 Å². The first-order valence-corrected chi connectivity index (χ1v) is 5.75. The lowest BCUT2D eigenvalue weighted by molar-refractivity contribution is -0.384. The second kappa shape index (κ2) is 5.43. The number of aromatic carboxylic acids is 1. The summed E-state index contributed by atoms with van der Waals surface area (Å²) in [6, 6.07) is 7.65. The van der Waals surface area contributed by atoms with Gasteiger partial charge in [0, 0.05) is 7.05 Å². The van der Waals surface area contributed by atoms with Gasteiger partial charge in [0.1, 0.15) is 17.0 Å². The molecular formula is C13H12N2O5. The molecule has 7 nitrogen and oxygen atoms in total. The fourth-order valence-corrected chi connectivity index (χ4v) is 1.93. The van der Waals surface area contributed by atoms with E-state index in [9.17, 15) is 14.9 Å². The average Bonchev–Trinajstić information content (AvgIpc) is 2.90. The molecule has 0 saturated heterocycles. The molecule has 7 heteroatoms. The van der Waals surface area contributed by atoms with Gasteiger partial charge >= 0.3 is 11.7 Å². The van der Waals surface area contributed by atoms with Crippen LogP contribution < -0.4 is 4.90 Å². The van der Waals surface area contributed by atoms with E-state index in [1.807, 2.05) is 0 Å². The Morgan fingerprint density at radius 1 is 1.40 bits per heavy atom. The Labute approximate surface area is 114 Å². The summed E-state index contributed by atoms with van der Waals surface area (Å²) in [7, 11) is 1.64. The highest BCUT2D eigenvalue weighted by atomic mass is 16.6. The summed E-state index contributed by atoms with van der Waals surface area (Å²) < 4.78 is 5.18. The molecule has 0 aliphatic rings. The van der Waals surface area contributed by atoms with Gasteiger partial charge < -0.3 is 14.4 Å². The summed E-state index contributed by atoms with van der Waals surface area (Å²) in [5.41, 5.74) is -0.529. The van der Waals surface area contributed by atoms with Crippen molar-refractivity contribution in [2.24, 2.45) is 0 Å². The maximum atomic E-state index is 11.1. The number of para-hydroxylation sites is 1. The number of carboxylic acids is 1. The maximum absolute atomic E-state index is 11.1. The Kier molecular flexibility index (Phi) is 3.69. The summed E-state index contributed by atoms with van der Waals surface area (Å²) in [6.07, 6.45) is 1.51. The Bertz CT molecular complexity index is 636. The van der Waals surface area contributed by atoms with E-state index in [0.29, 0.717) is 12.3 Å². The molecule has 1 aromatic carbocycles. The molecule has 2 rings (SSSR count). The number of anilines is 1. The third-order valence-corrected chi connectivity index (χ3v) is 2.81. The number of hydrogen-bond acceptors (Lipinski definition) is 5. The monoisotopic (exact) mass is 276 g/mol. The minimum atomic E-state index is -1.33. The normalized spacial score (nSPS) is 10.2. The van der Waals surface area contributed by atoms with Gasteiger partial charge in [0.2, 0.25) is 0 Å². The Morgan fingerprint density at radius 2 is 2.15 bits per heavy atom. The van der Waals surface area contributed by atoms with Crippen molar-refractivity contribution in [2.45, 2.75) is 6.54 Å². The third-order valence-electron chi connectivity index (χ3n) is 2.81. The van der Waals surface area contributed by atoms with E-state index in [2.05, 4.69) is 0 Å². The van der Waals surface area contributed by atoms with Crippen LogP contribution in [-0.2, 0) is 6.54 Å². The zero-order valence-electron chi connectivity index (χ0n) is 10.6. The first-order chi connectivity index (χ1) is 9.50. The Balaban J connectivity index is 2.42. The van der Waals surface area contributed by atoms with Crippen LogP contribution in [0.1, 0.15) is 16.1 Å². The fraction of sp³-hybridized carbons (Fsp3) is 0.154. The van der Waals surface area contributed by atoms with Gasteiger partial charge in [0.15, 0.2) is 0 Å². The molecule has 0 radical (unpaired) electrons. The minimum Gasteiger partial charge on any atom is -0.477 e. The molecule has 1 aromatic heterocycles. The lowest BCUT2D eigenvalue weighted by atomic mass is 10.1. The van der Waals surface area contributed by atoms with E-state index in [0.717, 1.165) is 0 Å². The van der Waals surface area contributed by atoms with Crippen LogP contribution in [0.5, 0.6) is 0 Å². The van der Waals surface area contributed by atoms with Crippen LogP contribution in [0.2, 0.25) is 0 Å². The quantitative estimate of drug-likeness (QED) is 0.665. The summed E-state index contributed by atoms with van der Waals surface area (Å²) >= 11 is 0. The van der Waals surface area contributed by atoms with Crippen molar-refractivity contribution in [1.29, 1.82) is 0 Å². The van der Waals surface area contributed by atoms with Crippen molar-refractivity contribution >= 4 is 17.3 Å². The smallest absolute Gasteiger partial charge is 0.342 e. The molecule has 0 aliphatic carbocycles. The topological polar surface area (TPSA) is 96.8 Å². The Morgan fingerprint density at radius 3 is 2.70 bits per heavy atom. The van der Waals surface area contributed by atoms with Gasteiger partial charge in [0.05, 0.1) is 17.7 Å². The second-order valence-corrected chi connectivity index (χ2v) is 4.17. The number of furan rings is 1. The van der Waals surface area contributed by atoms with E-state index in [1.54, 1.807) is 24.1 Å². The second-order valence-electron chi connectivity index (χ2n) is 4.17. The van der Waals surface area contributed by atoms with Crippen LogP contribution in [-0.4, -0.2) is 23.0 Å². The summed E-state index contributed by atoms with van der Waals surface area (Å²) in [5, 5.41) is 20.2. The van der Waals surface area contributed by atoms with E-state index in [4.69, 9.17) is 9.52 Å². The largest absolute Gasteiger partial charge is 0.477 e. The SMILES string of the molecule is CN(Cc1ccco1)c1cccc(C(=O)O)c1[N+](=O)[O-]. The molecule has 0 fully saturated rings. The van der Waals surface area contributed by atoms with Crippen LogP contribution in [0.3, 0.4) is 0 Å². The van der Waals surface area contributed by atoms with Crippen molar-refractivity contribution in [3.05, 3.63) is 58.0 Å². The molecule has 1 N–H and O–H groups in total. The van der Waals surface area contributed by atoms with Gasteiger partial charge in [-0.3, -0.25) is 10.1 Å². The molecule has 1 heterocycles. The van der Waals surface area contributed by atoms with Gasteiger partial charge in [-0.05, 0) is 24.3 Å². The van der Waals surface area contributed by atoms with Crippen molar-refractivity contribution in [1.82, 2.24) is 0 Å². The number of nitrogens with zero attached hydrogens (tertiary/aromatic N) is 2. The van der Waals surface area contributed by atoms with Crippen molar-refractivity contribution in [3.8, 4) is 0 Å². The molecule has 0 spiro atoms. The van der Waals surface area contributed by atoms with Gasteiger partial charge in [-0.15, -0.1) is 0 Å². The number of nitro benzene ring substituents is 1. The molecule has 0 bridgehead atoms. The molecule has 0 atom stereocenters. The van der Waals surface area contributed by atoms with Gasteiger partial charge in [-0.25, -0.2) is 4.79 Å². The predicted octanol–water partition coefficient (Wildman–Crippen LogP) is 2.52. The highest BCUT2D eigenvalue weighted by molar-refractivity contribution is 5.95. The molecule has 0 aliphatic heterocycles. The molecule has 2 aromatic rings. The van der Waals surface area contributed by atoms with E-state index in [1.165, 1.54) is 24.5 Å². The minimum absolute atomic E-state index is 0.228. The average molecular weight is 276 g/mol. The Hall–Kier alpha value is -2.83. The highest BCUT2D eigenvalue weighted by Gasteiger charge is 2.26. The number of rotatable bonds is 5. The standard InChI is InChI=1S/C13H12N2O5/c1-14(8-9-4-3-7-20-9)11-6-2-5-10(13(16)17)12(11)15(18)19/h2-7H,8H2,1H3,(H,16,17). The zero-order valence-corrected chi connectivity index (χ0v) is 10.6. The van der Waals surface area contributed by atoms with Crippen LogP contribution in [0.4, 0.5) is 11.4 Å². The maximum Gasteiger partial charge on any atom is 0.342 e. The van der Waals surface area contributed by atoms with E-state index < -0.39 is 16.6 Å². The molecular weight excluding hydrogens is 264 g/mol. The van der Waals surface area contributed by atoms with Gasteiger partial charge in [-0.1, -0.05) is 6.07 Å². The van der Waals surface area contributed by atoms with Gasteiger partial charge in [-0.2, -0.15) is 0 Å². The molecule has 0 unspecified atom stereocenters.